The van der Waals surface area contributed by atoms with E-state index < -0.39 is 0 Å². The maximum atomic E-state index is 3.80. The summed E-state index contributed by atoms with van der Waals surface area (Å²) in [7, 11) is 0. The van der Waals surface area contributed by atoms with E-state index in [1.807, 2.05) is 18.2 Å². The van der Waals surface area contributed by atoms with Crippen molar-refractivity contribution in [1.82, 2.24) is 4.57 Å². The molecule has 0 bridgehead atoms. The molecule has 0 saturated carbocycles. The fraction of sp³-hybridized carbons (Fsp3) is 0.0400. The van der Waals surface area contributed by atoms with Gasteiger partial charge in [0.05, 0.1) is 5.52 Å². The van der Waals surface area contributed by atoms with Gasteiger partial charge in [-0.15, -0.1) is 0 Å². The van der Waals surface area contributed by atoms with E-state index in [-0.39, 0.29) is 0 Å². The van der Waals surface area contributed by atoms with Crippen LogP contribution in [0.25, 0.3) is 33.8 Å². The first kappa shape index (κ1) is 17.6. The standard InChI is InChI=1S/C25H20BrN/c1-3-4-10-23-18(2)27(25-16-13-21(26)17-24(23)25)22-14-11-20(12-15-22)19-8-6-5-7-9-19/h3-17H,1H2,2H3/b10-4-. The lowest BCUT2D eigenvalue weighted by molar-refractivity contribution is 1.05. The van der Waals surface area contributed by atoms with Gasteiger partial charge in [-0.25, -0.2) is 0 Å². The minimum atomic E-state index is 1.08. The zero-order chi connectivity index (χ0) is 18.8. The van der Waals surface area contributed by atoms with E-state index in [1.165, 1.54) is 33.3 Å². The van der Waals surface area contributed by atoms with Crippen LogP contribution in [0.5, 0.6) is 0 Å². The zero-order valence-corrected chi connectivity index (χ0v) is 16.8. The van der Waals surface area contributed by atoms with Gasteiger partial charge in [0, 0.05) is 26.8 Å². The Hall–Kier alpha value is -2.84. The molecule has 0 N–H and O–H groups in total. The molecule has 0 aliphatic heterocycles. The van der Waals surface area contributed by atoms with Crippen molar-refractivity contribution in [1.29, 1.82) is 0 Å². The van der Waals surface area contributed by atoms with Gasteiger partial charge >= 0.3 is 0 Å². The summed E-state index contributed by atoms with van der Waals surface area (Å²) in [6.45, 7) is 5.97. The van der Waals surface area contributed by atoms with Crippen LogP contribution < -0.4 is 0 Å². The highest BCUT2D eigenvalue weighted by atomic mass is 79.9. The lowest BCUT2D eigenvalue weighted by Gasteiger charge is -2.10. The Bertz CT molecular complexity index is 1130. The Morgan fingerprint density at radius 2 is 1.59 bits per heavy atom. The molecule has 0 radical (unpaired) electrons. The van der Waals surface area contributed by atoms with Crippen LogP contribution in [0.2, 0.25) is 0 Å². The van der Waals surface area contributed by atoms with Gasteiger partial charge < -0.3 is 4.57 Å². The van der Waals surface area contributed by atoms with Crippen molar-refractivity contribution in [3.8, 4) is 16.8 Å². The molecule has 0 spiro atoms. The summed E-state index contributed by atoms with van der Waals surface area (Å²) in [4.78, 5) is 0. The Balaban J connectivity index is 1.87. The Kier molecular flexibility index (Phi) is 4.83. The summed E-state index contributed by atoms with van der Waals surface area (Å²) in [5.41, 5.74) is 7.26. The molecule has 0 aliphatic carbocycles. The normalized spacial score (nSPS) is 11.3. The SMILES string of the molecule is C=C/C=C\c1c(C)n(-c2ccc(-c3ccccc3)cc2)c2ccc(Br)cc12. The summed E-state index contributed by atoms with van der Waals surface area (Å²) < 4.78 is 3.40. The predicted octanol–water partition coefficient (Wildman–Crippen LogP) is 7.57. The van der Waals surface area contributed by atoms with E-state index in [9.17, 15) is 0 Å². The zero-order valence-electron chi connectivity index (χ0n) is 15.2. The average Bonchev–Trinajstić information content (AvgIpc) is 2.98. The van der Waals surface area contributed by atoms with Gasteiger partial charge in [-0.2, -0.15) is 0 Å². The Labute approximate surface area is 168 Å². The molecule has 1 nitrogen and oxygen atoms in total. The number of hydrogen-bond acceptors (Lipinski definition) is 0. The Morgan fingerprint density at radius 3 is 2.30 bits per heavy atom. The van der Waals surface area contributed by atoms with Crippen molar-refractivity contribution in [2.45, 2.75) is 6.92 Å². The average molecular weight is 414 g/mol. The molecule has 0 fully saturated rings. The monoisotopic (exact) mass is 413 g/mol. The van der Waals surface area contributed by atoms with E-state index in [0.29, 0.717) is 0 Å². The molecular weight excluding hydrogens is 394 g/mol. The number of rotatable bonds is 4. The van der Waals surface area contributed by atoms with Crippen LogP contribution in [-0.2, 0) is 0 Å². The van der Waals surface area contributed by atoms with Crippen LogP contribution in [0.4, 0.5) is 0 Å². The molecule has 3 aromatic carbocycles. The summed E-state index contributed by atoms with van der Waals surface area (Å²) in [6.07, 6.45) is 5.94. The molecule has 0 unspecified atom stereocenters. The number of benzene rings is 3. The minimum absolute atomic E-state index is 1.08. The quantitative estimate of drug-likeness (QED) is 0.304. The summed E-state index contributed by atoms with van der Waals surface area (Å²) in [6, 6.07) is 25.7. The number of nitrogens with zero attached hydrogens (tertiary/aromatic N) is 1. The van der Waals surface area contributed by atoms with Crippen LogP contribution in [0, 0.1) is 6.92 Å². The smallest absolute Gasteiger partial charge is 0.0538 e. The van der Waals surface area contributed by atoms with E-state index in [1.54, 1.807) is 0 Å². The highest BCUT2D eigenvalue weighted by Gasteiger charge is 2.14. The fourth-order valence-corrected chi connectivity index (χ4v) is 3.92. The van der Waals surface area contributed by atoms with Gasteiger partial charge in [-0.3, -0.25) is 0 Å². The Morgan fingerprint density at radius 1 is 0.889 bits per heavy atom. The third-order valence-electron chi connectivity index (χ3n) is 4.85. The number of halogens is 1. The number of allylic oxidation sites excluding steroid dienone is 2. The van der Waals surface area contributed by atoms with Crippen molar-refractivity contribution in [3.05, 3.63) is 107 Å². The highest BCUT2D eigenvalue weighted by Crippen LogP contribution is 2.33. The number of hydrogen-bond donors (Lipinski definition) is 0. The molecule has 0 amide bonds. The van der Waals surface area contributed by atoms with E-state index in [0.717, 1.165) is 10.2 Å². The lowest BCUT2D eigenvalue weighted by atomic mass is 10.1. The van der Waals surface area contributed by atoms with Gasteiger partial charge in [-0.1, -0.05) is 83.2 Å². The van der Waals surface area contributed by atoms with E-state index in [2.05, 4.69) is 107 Å². The van der Waals surface area contributed by atoms with Crippen LogP contribution in [0.3, 0.4) is 0 Å². The van der Waals surface area contributed by atoms with E-state index in [4.69, 9.17) is 0 Å². The summed E-state index contributed by atoms with van der Waals surface area (Å²) in [5.74, 6) is 0. The van der Waals surface area contributed by atoms with Gasteiger partial charge in [-0.05, 0) is 48.4 Å². The molecule has 27 heavy (non-hydrogen) atoms. The summed E-state index contributed by atoms with van der Waals surface area (Å²) >= 11 is 3.61. The lowest BCUT2D eigenvalue weighted by Crippen LogP contribution is -1.96. The predicted molar refractivity (Wildman–Crippen MR) is 120 cm³/mol. The maximum Gasteiger partial charge on any atom is 0.0538 e. The van der Waals surface area contributed by atoms with Crippen molar-refractivity contribution in [3.63, 3.8) is 0 Å². The largest absolute Gasteiger partial charge is 0.313 e. The molecule has 0 saturated heterocycles. The van der Waals surface area contributed by atoms with Crippen LogP contribution in [-0.4, -0.2) is 4.57 Å². The molecular formula is C25H20BrN. The van der Waals surface area contributed by atoms with Crippen molar-refractivity contribution >= 4 is 32.9 Å². The summed E-state index contributed by atoms with van der Waals surface area (Å²) in [5, 5.41) is 1.23. The van der Waals surface area contributed by atoms with Crippen molar-refractivity contribution in [2.24, 2.45) is 0 Å². The van der Waals surface area contributed by atoms with Crippen LogP contribution in [0.15, 0.2) is 96.0 Å². The molecule has 0 aliphatic rings. The second-order valence-corrected chi connectivity index (χ2v) is 7.42. The van der Waals surface area contributed by atoms with Gasteiger partial charge in [0.25, 0.3) is 0 Å². The minimum Gasteiger partial charge on any atom is -0.313 e. The third kappa shape index (κ3) is 3.29. The topological polar surface area (TPSA) is 4.93 Å². The molecule has 1 aromatic heterocycles. The second-order valence-electron chi connectivity index (χ2n) is 6.50. The molecule has 4 aromatic rings. The fourth-order valence-electron chi connectivity index (χ4n) is 3.56. The first-order valence-electron chi connectivity index (χ1n) is 8.94. The van der Waals surface area contributed by atoms with Crippen LogP contribution in [0.1, 0.15) is 11.3 Å². The molecule has 0 atom stereocenters. The van der Waals surface area contributed by atoms with Gasteiger partial charge in [0.2, 0.25) is 0 Å². The molecule has 2 heteroatoms. The first-order chi connectivity index (χ1) is 13.2. The van der Waals surface area contributed by atoms with Crippen LogP contribution >= 0.6 is 15.9 Å². The molecule has 132 valence electrons. The van der Waals surface area contributed by atoms with Gasteiger partial charge in [0.1, 0.15) is 0 Å². The van der Waals surface area contributed by atoms with Crippen molar-refractivity contribution in [2.75, 3.05) is 0 Å². The molecule has 4 rings (SSSR count). The van der Waals surface area contributed by atoms with E-state index >= 15 is 0 Å². The number of fused-ring (bicyclic) bond motifs is 1. The maximum absolute atomic E-state index is 3.80. The molecule has 1 heterocycles. The van der Waals surface area contributed by atoms with Gasteiger partial charge in [0.15, 0.2) is 0 Å². The van der Waals surface area contributed by atoms with Crippen molar-refractivity contribution < 1.29 is 0 Å². The second kappa shape index (κ2) is 7.42. The third-order valence-corrected chi connectivity index (χ3v) is 5.34. The highest BCUT2D eigenvalue weighted by molar-refractivity contribution is 9.10. The first-order valence-corrected chi connectivity index (χ1v) is 9.74. The number of aromatic nitrogens is 1.